The van der Waals surface area contributed by atoms with E-state index in [1.54, 1.807) is 0 Å². The van der Waals surface area contributed by atoms with Gasteiger partial charge in [-0.25, -0.2) is 0 Å². The van der Waals surface area contributed by atoms with E-state index in [4.69, 9.17) is 4.74 Å². The number of carbonyl (C=O) groups is 1. The number of carbonyl (C=O) groups excluding carboxylic acids is 1. The van der Waals surface area contributed by atoms with Gasteiger partial charge in [-0.3, -0.25) is 14.7 Å². The number of guanidine groups is 1. The summed E-state index contributed by atoms with van der Waals surface area (Å²) in [4.78, 5) is 21.4. The molecule has 1 N–H and O–H groups in total. The predicted octanol–water partition coefficient (Wildman–Crippen LogP) is 3.31. The molecule has 0 aromatic heterocycles. The Morgan fingerprint density at radius 3 is 2.40 bits per heavy atom. The Hall–Kier alpha value is -2.08. The third kappa shape index (κ3) is 5.97. The fraction of sp³-hybridized carbons (Fsp3) is 0.667. The lowest BCUT2D eigenvalue weighted by molar-refractivity contribution is -0.149. The first-order chi connectivity index (χ1) is 14.6. The number of rotatable bonds is 6. The number of nitrogens with one attached hydrogen (secondary N) is 1. The monoisotopic (exact) mass is 414 g/mol. The molecule has 1 aromatic rings. The molecule has 6 nitrogen and oxygen atoms in total. The van der Waals surface area contributed by atoms with Gasteiger partial charge in [0.1, 0.15) is 0 Å². The van der Waals surface area contributed by atoms with E-state index in [2.05, 4.69) is 57.4 Å². The second kappa shape index (κ2) is 11.3. The van der Waals surface area contributed by atoms with Gasteiger partial charge in [0, 0.05) is 26.7 Å². The third-order valence-corrected chi connectivity index (χ3v) is 6.52. The Balaban J connectivity index is 1.59. The van der Waals surface area contributed by atoms with Gasteiger partial charge in [-0.05, 0) is 57.2 Å². The molecule has 0 saturated carbocycles. The van der Waals surface area contributed by atoms with Crippen molar-refractivity contribution >= 4 is 11.9 Å². The van der Waals surface area contributed by atoms with E-state index in [0.29, 0.717) is 12.6 Å². The first kappa shape index (κ1) is 22.6. The molecular weight excluding hydrogens is 376 g/mol. The van der Waals surface area contributed by atoms with Crippen LogP contribution in [0.15, 0.2) is 35.3 Å². The number of ether oxygens (including phenoxy) is 1. The van der Waals surface area contributed by atoms with E-state index in [1.807, 2.05) is 14.0 Å². The minimum atomic E-state index is -0.0523. The standard InChI is InChI=1S/C24H38N4O2/c1-4-30-23(29)21-12-16-28(17-13-21)24(25-3)26-18-22(20-8-6-5-7-9-20)27-14-10-19(2)11-15-27/h5-9,19,21-22H,4,10-18H2,1-3H3,(H,25,26). The van der Waals surface area contributed by atoms with Crippen LogP contribution in [0, 0.1) is 11.8 Å². The Labute approximate surface area is 181 Å². The number of hydrogen-bond acceptors (Lipinski definition) is 4. The Bertz CT molecular complexity index is 678. The Morgan fingerprint density at radius 1 is 1.13 bits per heavy atom. The highest BCUT2D eigenvalue weighted by molar-refractivity contribution is 5.80. The average molecular weight is 415 g/mol. The lowest BCUT2D eigenvalue weighted by Gasteiger charge is -2.38. The van der Waals surface area contributed by atoms with Crippen molar-refractivity contribution in [2.75, 3.05) is 46.4 Å². The van der Waals surface area contributed by atoms with E-state index >= 15 is 0 Å². The maximum atomic E-state index is 12.0. The molecule has 166 valence electrons. The molecule has 0 spiro atoms. The van der Waals surface area contributed by atoms with Gasteiger partial charge in [0.05, 0.1) is 18.6 Å². The molecule has 0 bridgehead atoms. The average Bonchev–Trinajstić information content (AvgIpc) is 2.79. The minimum absolute atomic E-state index is 0.0201. The van der Waals surface area contributed by atoms with E-state index in [9.17, 15) is 4.79 Å². The van der Waals surface area contributed by atoms with Crippen LogP contribution in [0.5, 0.6) is 0 Å². The molecular formula is C24H38N4O2. The van der Waals surface area contributed by atoms with Crippen LogP contribution < -0.4 is 5.32 Å². The summed E-state index contributed by atoms with van der Waals surface area (Å²) < 4.78 is 5.20. The number of likely N-dealkylation sites (tertiary alicyclic amines) is 2. The topological polar surface area (TPSA) is 57.2 Å². The summed E-state index contributed by atoms with van der Waals surface area (Å²) in [6, 6.07) is 11.1. The molecule has 2 heterocycles. The van der Waals surface area contributed by atoms with E-state index in [0.717, 1.165) is 57.4 Å². The molecule has 1 unspecified atom stereocenters. The van der Waals surface area contributed by atoms with E-state index in [-0.39, 0.29) is 11.9 Å². The molecule has 2 aliphatic rings. The van der Waals surface area contributed by atoms with Crippen LogP contribution in [0.2, 0.25) is 0 Å². The molecule has 2 saturated heterocycles. The highest BCUT2D eigenvalue weighted by Gasteiger charge is 2.29. The van der Waals surface area contributed by atoms with Crippen molar-refractivity contribution < 1.29 is 9.53 Å². The zero-order valence-electron chi connectivity index (χ0n) is 18.8. The van der Waals surface area contributed by atoms with Crippen LogP contribution in [-0.4, -0.2) is 68.1 Å². The number of benzene rings is 1. The SMILES string of the molecule is CCOC(=O)C1CCN(C(=NC)NCC(c2ccccc2)N2CCC(C)CC2)CC1. The van der Waals surface area contributed by atoms with Gasteiger partial charge in [0.2, 0.25) is 0 Å². The highest BCUT2D eigenvalue weighted by Crippen LogP contribution is 2.26. The van der Waals surface area contributed by atoms with Crippen molar-refractivity contribution in [3.8, 4) is 0 Å². The molecule has 2 fully saturated rings. The normalized spacial score (nSPS) is 20.8. The molecule has 1 atom stereocenters. The van der Waals surface area contributed by atoms with Gasteiger partial charge in [0.25, 0.3) is 0 Å². The lowest BCUT2D eigenvalue weighted by atomic mass is 9.95. The van der Waals surface area contributed by atoms with Crippen molar-refractivity contribution in [2.45, 2.75) is 45.6 Å². The molecule has 3 rings (SSSR count). The first-order valence-electron chi connectivity index (χ1n) is 11.5. The van der Waals surface area contributed by atoms with Crippen LogP contribution in [0.4, 0.5) is 0 Å². The van der Waals surface area contributed by atoms with Gasteiger partial charge in [-0.15, -0.1) is 0 Å². The molecule has 1 aromatic carbocycles. The summed E-state index contributed by atoms with van der Waals surface area (Å²) in [5.41, 5.74) is 1.36. The fourth-order valence-corrected chi connectivity index (χ4v) is 4.58. The van der Waals surface area contributed by atoms with Crippen molar-refractivity contribution in [3.05, 3.63) is 35.9 Å². The number of aliphatic imine (C=N–C) groups is 1. The molecule has 0 aliphatic carbocycles. The molecule has 30 heavy (non-hydrogen) atoms. The fourth-order valence-electron chi connectivity index (χ4n) is 4.58. The van der Waals surface area contributed by atoms with Gasteiger partial charge >= 0.3 is 5.97 Å². The van der Waals surface area contributed by atoms with Crippen LogP contribution in [0.3, 0.4) is 0 Å². The minimum Gasteiger partial charge on any atom is -0.466 e. The van der Waals surface area contributed by atoms with Crippen molar-refractivity contribution in [3.63, 3.8) is 0 Å². The summed E-state index contributed by atoms with van der Waals surface area (Å²) in [6.45, 7) is 9.47. The first-order valence-corrected chi connectivity index (χ1v) is 11.5. The second-order valence-corrected chi connectivity index (χ2v) is 8.59. The van der Waals surface area contributed by atoms with Gasteiger partial charge < -0.3 is 15.0 Å². The van der Waals surface area contributed by atoms with Gasteiger partial charge in [0.15, 0.2) is 5.96 Å². The Kier molecular flexibility index (Phi) is 8.55. The number of hydrogen-bond donors (Lipinski definition) is 1. The molecule has 6 heteroatoms. The van der Waals surface area contributed by atoms with E-state index in [1.165, 1.54) is 18.4 Å². The quantitative estimate of drug-likeness (QED) is 0.440. The van der Waals surface area contributed by atoms with Crippen molar-refractivity contribution in [1.29, 1.82) is 0 Å². The summed E-state index contributed by atoms with van der Waals surface area (Å²) in [7, 11) is 1.85. The number of piperidine rings is 2. The molecule has 2 aliphatic heterocycles. The third-order valence-electron chi connectivity index (χ3n) is 6.52. The maximum Gasteiger partial charge on any atom is 0.309 e. The molecule has 0 radical (unpaired) electrons. The van der Waals surface area contributed by atoms with Gasteiger partial charge in [-0.1, -0.05) is 37.3 Å². The van der Waals surface area contributed by atoms with E-state index < -0.39 is 0 Å². The van der Waals surface area contributed by atoms with Crippen LogP contribution in [-0.2, 0) is 9.53 Å². The van der Waals surface area contributed by atoms with Gasteiger partial charge in [-0.2, -0.15) is 0 Å². The van der Waals surface area contributed by atoms with Crippen LogP contribution >= 0.6 is 0 Å². The highest BCUT2D eigenvalue weighted by atomic mass is 16.5. The zero-order valence-corrected chi connectivity index (χ0v) is 18.8. The lowest BCUT2D eigenvalue weighted by Crippen LogP contribution is -2.49. The second-order valence-electron chi connectivity index (χ2n) is 8.59. The summed E-state index contributed by atoms with van der Waals surface area (Å²) in [5, 5.41) is 3.63. The molecule has 0 amide bonds. The summed E-state index contributed by atoms with van der Waals surface area (Å²) in [6.07, 6.45) is 4.18. The number of esters is 1. The Morgan fingerprint density at radius 2 is 1.80 bits per heavy atom. The maximum absolute atomic E-state index is 12.0. The van der Waals surface area contributed by atoms with Crippen molar-refractivity contribution in [2.24, 2.45) is 16.8 Å². The largest absolute Gasteiger partial charge is 0.466 e. The van der Waals surface area contributed by atoms with Crippen LogP contribution in [0.25, 0.3) is 0 Å². The summed E-state index contributed by atoms with van der Waals surface area (Å²) >= 11 is 0. The summed E-state index contributed by atoms with van der Waals surface area (Å²) in [5.74, 6) is 1.72. The zero-order chi connectivity index (χ0) is 21.3. The smallest absolute Gasteiger partial charge is 0.309 e. The number of nitrogens with zero attached hydrogens (tertiary/aromatic N) is 3. The van der Waals surface area contributed by atoms with Crippen molar-refractivity contribution in [1.82, 2.24) is 15.1 Å². The predicted molar refractivity (Wildman–Crippen MR) is 121 cm³/mol. The van der Waals surface area contributed by atoms with Crippen LogP contribution in [0.1, 0.15) is 51.1 Å².